The van der Waals surface area contributed by atoms with Gasteiger partial charge in [-0.05, 0) is 83.8 Å². The summed E-state index contributed by atoms with van der Waals surface area (Å²) in [5.41, 5.74) is 4.29. The van der Waals surface area contributed by atoms with E-state index < -0.39 is 0 Å². The van der Waals surface area contributed by atoms with Gasteiger partial charge in [-0.2, -0.15) is 0 Å². The molecule has 0 saturated heterocycles. The summed E-state index contributed by atoms with van der Waals surface area (Å²) in [4.78, 5) is 11.7. The third-order valence-electron chi connectivity index (χ3n) is 5.51. The van der Waals surface area contributed by atoms with Crippen molar-refractivity contribution in [2.75, 3.05) is 7.11 Å². The van der Waals surface area contributed by atoms with E-state index >= 15 is 0 Å². The lowest BCUT2D eigenvalue weighted by molar-refractivity contribution is -0.139. The van der Waals surface area contributed by atoms with Gasteiger partial charge in [0.05, 0.1) is 13.5 Å². The highest BCUT2D eigenvalue weighted by Crippen LogP contribution is 2.32. The fourth-order valence-electron chi connectivity index (χ4n) is 3.64. The lowest BCUT2D eigenvalue weighted by Crippen LogP contribution is -2.05. The standard InChI is InChI=1S/C27H44O3/c1-20(17-24(28)30-8)23-18-21(13-9-11-15-26(2,3)4)25(29)22(19-23)14-10-12-16-27(5,6)7/h18-19,29H,1,9-17H2,2-8H3. The number of hydrogen-bond donors (Lipinski definition) is 1. The molecule has 0 aliphatic rings. The van der Waals surface area contributed by atoms with Crippen LogP contribution >= 0.6 is 0 Å². The Morgan fingerprint density at radius 2 is 1.33 bits per heavy atom. The van der Waals surface area contributed by atoms with Crippen molar-refractivity contribution in [2.24, 2.45) is 10.8 Å². The maximum Gasteiger partial charge on any atom is 0.309 e. The number of aryl methyl sites for hydroxylation is 2. The maximum absolute atomic E-state index is 11.7. The summed E-state index contributed by atoms with van der Waals surface area (Å²) in [6.07, 6.45) is 8.56. The summed E-state index contributed by atoms with van der Waals surface area (Å²) in [7, 11) is 1.40. The molecule has 0 spiro atoms. The Morgan fingerprint density at radius 3 is 1.70 bits per heavy atom. The zero-order valence-electron chi connectivity index (χ0n) is 20.5. The van der Waals surface area contributed by atoms with E-state index in [0.717, 1.165) is 60.8 Å². The van der Waals surface area contributed by atoms with Crippen molar-refractivity contribution < 1.29 is 14.6 Å². The lowest BCUT2D eigenvalue weighted by Gasteiger charge is -2.19. The van der Waals surface area contributed by atoms with Gasteiger partial charge in [0.2, 0.25) is 0 Å². The molecule has 0 heterocycles. The average molecular weight is 417 g/mol. The first-order valence-corrected chi connectivity index (χ1v) is 11.4. The maximum atomic E-state index is 11.7. The van der Waals surface area contributed by atoms with Gasteiger partial charge in [-0.1, -0.05) is 61.0 Å². The molecule has 0 saturated carbocycles. The summed E-state index contributed by atoms with van der Waals surface area (Å²) >= 11 is 0. The molecule has 30 heavy (non-hydrogen) atoms. The second kappa shape index (κ2) is 11.6. The summed E-state index contributed by atoms with van der Waals surface area (Å²) < 4.78 is 4.80. The van der Waals surface area contributed by atoms with Gasteiger partial charge in [0.1, 0.15) is 5.75 Å². The van der Waals surface area contributed by atoms with E-state index in [0.29, 0.717) is 16.6 Å². The Balaban J connectivity index is 2.96. The van der Waals surface area contributed by atoms with Crippen LogP contribution in [0.3, 0.4) is 0 Å². The van der Waals surface area contributed by atoms with Crippen molar-refractivity contribution in [3.8, 4) is 5.75 Å². The minimum Gasteiger partial charge on any atom is -0.507 e. The average Bonchev–Trinajstić information content (AvgIpc) is 2.62. The number of benzene rings is 1. The predicted octanol–water partition coefficient (Wildman–Crippen LogP) is 7.49. The predicted molar refractivity (Wildman–Crippen MR) is 128 cm³/mol. The molecule has 1 aromatic rings. The van der Waals surface area contributed by atoms with Crippen LogP contribution < -0.4 is 0 Å². The fourth-order valence-corrected chi connectivity index (χ4v) is 3.64. The number of carbonyl (C=O) groups excluding carboxylic acids is 1. The molecule has 1 aromatic carbocycles. The van der Waals surface area contributed by atoms with E-state index in [-0.39, 0.29) is 12.4 Å². The van der Waals surface area contributed by atoms with Gasteiger partial charge in [-0.25, -0.2) is 0 Å². The molecule has 3 nitrogen and oxygen atoms in total. The largest absolute Gasteiger partial charge is 0.507 e. The summed E-state index contributed by atoms with van der Waals surface area (Å²) in [5.74, 6) is 0.141. The van der Waals surface area contributed by atoms with Crippen LogP contribution in [0, 0.1) is 10.8 Å². The second-order valence-electron chi connectivity index (χ2n) is 11.0. The first-order chi connectivity index (χ1) is 13.8. The molecule has 0 amide bonds. The van der Waals surface area contributed by atoms with Gasteiger partial charge in [-0.15, -0.1) is 0 Å². The smallest absolute Gasteiger partial charge is 0.309 e. The second-order valence-corrected chi connectivity index (χ2v) is 11.0. The van der Waals surface area contributed by atoms with Crippen LogP contribution in [0.2, 0.25) is 0 Å². The van der Waals surface area contributed by atoms with E-state index in [1.807, 2.05) is 12.1 Å². The van der Waals surface area contributed by atoms with Crippen LogP contribution in [-0.2, 0) is 22.4 Å². The Morgan fingerprint density at radius 1 is 0.900 bits per heavy atom. The first kappa shape index (κ1) is 26.3. The van der Waals surface area contributed by atoms with Crippen molar-refractivity contribution in [1.82, 2.24) is 0 Å². The molecule has 170 valence electrons. The number of methoxy groups -OCH3 is 1. The fraction of sp³-hybridized carbons (Fsp3) is 0.667. The number of ether oxygens (including phenoxy) is 1. The zero-order valence-corrected chi connectivity index (χ0v) is 20.5. The van der Waals surface area contributed by atoms with E-state index in [2.05, 4.69) is 48.1 Å². The zero-order chi connectivity index (χ0) is 22.9. The van der Waals surface area contributed by atoms with Crippen LogP contribution in [0.5, 0.6) is 5.75 Å². The topological polar surface area (TPSA) is 46.5 Å². The molecule has 0 bridgehead atoms. The molecule has 0 aliphatic heterocycles. The van der Waals surface area contributed by atoms with Crippen molar-refractivity contribution in [1.29, 1.82) is 0 Å². The van der Waals surface area contributed by atoms with E-state index in [1.54, 1.807) is 0 Å². The summed E-state index contributed by atoms with van der Waals surface area (Å²) in [6.45, 7) is 17.7. The van der Waals surface area contributed by atoms with Crippen LogP contribution in [0.25, 0.3) is 5.57 Å². The van der Waals surface area contributed by atoms with E-state index in [4.69, 9.17) is 4.74 Å². The lowest BCUT2D eigenvalue weighted by atomic mass is 9.87. The van der Waals surface area contributed by atoms with Gasteiger partial charge >= 0.3 is 5.97 Å². The molecular formula is C27H44O3. The SMILES string of the molecule is C=C(CC(=O)OC)c1cc(CCCCC(C)(C)C)c(O)c(CCCCC(C)(C)C)c1. The molecule has 0 atom stereocenters. The first-order valence-electron chi connectivity index (χ1n) is 11.4. The molecule has 0 aliphatic carbocycles. The van der Waals surface area contributed by atoms with Gasteiger partial charge in [0.25, 0.3) is 0 Å². The molecule has 3 heteroatoms. The van der Waals surface area contributed by atoms with E-state index in [9.17, 15) is 9.90 Å². The monoisotopic (exact) mass is 416 g/mol. The number of unbranched alkanes of at least 4 members (excludes halogenated alkanes) is 2. The number of esters is 1. The number of phenols is 1. The molecule has 0 unspecified atom stereocenters. The van der Waals surface area contributed by atoms with Crippen LogP contribution in [0.1, 0.15) is 103 Å². The van der Waals surface area contributed by atoms with Gasteiger partial charge in [0.15, 0.2) is 0 Å². The van der Waals surface area contributed by atoms with Crippen molar-refractivity contribution in [3.05, 3.63) is 35.4 Å². The third-order valence-corrected chi connectivity index (χ3v) is 5.51. The van der Waals surface area contributed by atoms with E-state index in [1.165, 1.54) is 20.0 Å². The summed E-state index contributed by atoms with van der Waals surface area (Å²) in [6, 6.07) is 4.02. The molecule has 1 rings (SSSR count). The van der Waals surface area contributed by atoms with Gasteiger partial charge in [-0.3, -0.25) is 4.79 Å². The van der Waals surface area contributed by atoms with Crippen LogP contribution in [0.4, 0.5) is 0 Å². The Kier molecular flexibility index (Phi) is 10.1. The number of hydrogen-bond acceptors (Lipinski definition) is 3. The van der Waals surface area contributed by atoms with Crippen molar-refractivity contribution in [2.45, 2.75) is 99.3 Å². The van der Waals surface area contributed by atoms with Crippen LogP contribution in [-0.4, -0.2) is 18.2 Å². The number of aromatic hydroxyl groups is 1. The van der Waals surface area contributed by atoms with Gasteiger partial charge < -0.3 is 9.84 Å². The molecule has 1 N–H and O–H groups in total. The molecule has 0 aromatic heterocycles. The Bertz CT molecular complexity index is 659. The van der Waals surface area contributed by atoms with Crippen molar-refractivity contribution >= 4 is 11.5 Å². The number of phenolic OH excluding ortho intramolecular Hbond substituents is 1. The molecular weight excluding hydrogens is 372 g/mol. The normalized spacial score (nSPS) is 12.1. The number of rotatable bonds is 11. The minimum atomic E-state index is -0.286. The highest BCUT2D eigenvalue weighted by molar-refractivity contribution is 5.84. The highest BCUT2D eigenvalue weighted by atomic mass is 16.5. The molecule has 0 fully saturated rings. The quantitative estimate of drug-likeness (QED) is 0.300. The van der Waals surface area contributed by atoms with Crippen molar-refractivity contribution in [3.63, 3.8) is 0 Å². The van der Waals surface area contributed by atoms with Gasteiger partial charge in [0, 0.05) is 0 Å². The highest BCUT2D eigenvalue weighted by Gasteiger charge is 2.16. The Labute approximate surface area is 184 Å². The number of carbonyl (C=O) groups is 1. The third kappa shape index (κ3) is 10.3. The summed E-state index contributed by atoms with van der Waals surface area (Å²) in [5, 5.41) is 10.9. The Hall–Kier alpha value is -1.77. The minimum absolute atomic E-state index is 0.175. The van der Waals surface area contributed by atoms with Crippen LogP contribution in [0.15, 0.2) is 18.7 Å². The molecule has 0 radical (unpaired) electrons.